The number of hydrogen-bond donors (Lipinski definition) is 1. The molecule has 0 aromatic carbocycles. The first-order chi connectivity index (χ1) is 15.8. The fourth-order valence-electron chi connectivity index (χ4n) is 3.61. The zero-order chi connectivity index (χ0) is 24.0. The van der Waals surface area contributed by atoms with Gasteiger partial charge in [-0.15, -0.1) is 0 Å². The van der Waals surface area contributed by atoms with E-state index in [1.165, 1.54) is 0 Å². The van der Waals surface area contributed by atoms with Crippen LogP contribution in [0.2, 0.25) is 0 Å². The van der Waals surface area contributed by atoms with Gasteiger partial charge in [0.2, 0.25) is 11.8 Å². The fraction of sp³-hybridized carbons (Fsp3) is 0.440. The molecule has 1 N–H and O–H groups in total. The maximum atomic E-state index is 13.4. The van der Waals surface area contributed by atoms with Gasteiger partial charge >= 0.3 is 0 Å². The summed E-state index contributed by atoms with van der Waals surface area (Å²) < 4.78 is 6.19. The van der Waals surface area contributed by atoms with E-state index in [1.807, 2.05) is 19.9 Å². The van der Waals surface area contributed by atoms with Crippen LogP contribution >= 0.6 is 0 Å². The maximum absolute atomic E-state index is 13.4. The summed E-state index contributed by atoms with van der Waals surface area (Å²) in [6.07, 6.45) is 4.93. The zero-order valence-electron chi connectivity index (χ0n) is 19.5. The van der Waals surface area contributed by atoms with Gasteiger partial charge in [-0.1, -0.05) is 25.7 Å². The molecule has 174 valence electrons. The van der Waals surface area contributed by atoms with Crippen LogP contribution in [0.1, 0.15) is 48.7 Å². The van der Waals surface area contributed by atoms with Crippen molar-refractivity contribution in [3.8, 4) is 17.7 Å². The predicted molar refractivity (Wildman–Crippen MR) is 124 cm³/mol. The lowest BCUT2D eigenvalue weighted by molar-refractivity contribution is -0.131. The molecule has 2 aromatic heterocycles. The molecular formula is C25H30N4O4. The van der Waals surface area contributed by atoms with Crippen LogP contribution in [0.15, 0.2) is 36.8 Å². The van der Waals surface area contributed by atoms with Crippen molar-refractivity contribution in [1.82, 2.24) is 19.8 Å². The van der Waals surface area contributed by atoms with Gasteiger partial charge in [0, 0.05) is 55.6 Å². The van der Waals surface area contributed by atoms with Crippen LogP contribution in [-0.2, 0) is 4.79 Å². The van der Waals surface area contributed by atoms with Crippen molar-refractivity contribution in [2.75, 3.05) is 26.7 Å². The monoisotopic (exact) mass is 450 g/mol. The molecule has 1 aliphatic rings. The van der Waals surface area contributed by atoms with Gasteiger partial charge in [0.25, 0.3) is 5.91 Å². The Balaban J connectivity index is 1.98. The van der Waals surface area contributed by atoms with Crippen molar-refractivity contribution in [2.24, 2.45) is 5.92 Å². The molecule has 8 heteroatoms. The molecule has 33 heavy (non-hydrogen) atoms. The summed E-state index contributed by atoms with van der Waals surface area (Å²) in [5.74, 6) is 5.89. The number of hydrogen-bond acceptors (Lipinski definition) is 6. The molecule has 2 amide bonds. The third-order valence-corrected chi connectivity index (χ3v) is 5.72. The summed E-state index contributed by atoms with van der Waals surface area (Å²) >= 11 is 0. The molecule has 0 saturated carbocycles. The lowest BCUT2D eigenvalue weighted by Crippen LogP contribution is -2.50. The Hall–Kier alpha value is -3.44. The minimum Gasteiger partial charge on any atom is -0.472 e. The summed E-state index contributed by atoms with van der Waals surface area (Å²) in [4.78, 5) is 37.3. The van der Waals surface area contributed by atoms with Gasteiger partial charge in [0.1, 0.15) is 11.7 Å². The molecule has 0 radical (unpaired) electrons. The number of pyridine rings is 2. The molecule has 3 rings (SSSR count). The third kappa shape index (κ3) is 5.88. The first-order valence-corrected chi connectivity index (χ1v) is 11.1. The molecule has 1 aliphatic heterocycles. The van der Waals surface area contributed by atoms with Crippen molar-refractivity contribution in [3.05, 3.63) is 53.5 Å². The van der Waals surface area contributed by atoms with Crippen LogP contribution in [-0.4, -0.2) is 75.6 Å². The molecular weight excluding hydrogens is 420 g/mol. The fourth-order valence-corrected chi connectivity index (χ4v) is 3.61. The molecule has 0 spiro atoms. The van der Waals surface area contributed by atoms with E-state index in [9.17, 15) is 14.7 Å². The smallest absolute Gasteiger partial charge is 0.259 e. The van der Waals surface area contributed by atoms with Gasteiger partial charge in [0.05, 0.1) is 19.2 Å². The quantitative estimate of drug-likeness (QED) is 0.700. The second-order valence-corrected chi connectivity index (χ2v) is 8.32. The van der Waals surface area contributed by atoms with Gasteiger partial charge in [-0.2, -0.15) is 0 Å². The summed E-state index contributed by atoms with van der Waals surface area (Å²) in [5.41, 5.74) is 1.60. The second-order valence-electron chi connectivity index (χ2n) is 8.32. The first kappa shape index (κ1) is 24.2. The van der Waals surface area contributed by atoms with Crippen LogP contribution in [0.5, 0.6) is 5.88 Å². The number of aliphatic hydroxyl groups excluding tert-OH is 1. The molecule has 0 bridgehead atoms. The molecule has 3 atom stereocenters. The molecule has 0 saturated heterocycles. The van der Waals surface area contributed by atoms with E-state index in [0.29, 0.717) is 25.1 Å². The van der Waals surface area contributed by atoms with Crippen molar-refractivity contribution in [2.45, 2.75) is 39.3 Å². The molecule has 0 unspecified atom stereocenters. The number of ether oxygens (including phenoxy) is 1. The number of nitrogens with zero attached hydrogens (tertiary/aromatic N) is 4. The Bertz CT molecular complexity index is 1050. The number of aliphatic hydroxyl groups is 1. The second kappa shape index (κ2) is 10.9. The minimum atomic E-state index is -0.383. The number of carbonyl (C=O) groups excluding carboxylic acids is 2. The predicted octanol–water partition coefficient (Wildman–Crippen LogP) is 1.96. The van der Waals surface area contributed by atoms with Crippen molar-refractivity contribution < 1.29 is 19.4 Å². The molecule has 8 nitrogen and oxygen atoms in total. The number of rotatable bonds is 5. The number of amides is 2. The molecule has 3 heterocycles. The van der Waals surface area contributed by atoms with Crippen molar-refractivity contribution >= 4 is 11.8 Å². The lowest BCUT2D eigenvalue weighted by atomic mass is 10.00. The highest BCUT2D eigenvalue weighted by Gasteiger charge is 2.34. The Morgan fingerprint density at radius 2 is 2.12 bits per heavy atom. The third-order valence-electron chi connectivity index (χ3n) is 5.72. The number of carbonyl (C=O) groups is 2. The Kier molecular flexibility index (Phi) is 8.01. The number of aromatic nitrogens is 2. The highest BCUT2D eigenvalue weighted by atomic mass is 16.5. The van der Waals surface area contributed by atoms with Crippen molar-refractivity contribution in [3.63, 3.8) is 0 Å². The van der Waals surface area contributed by atoms with E-state index in [-0.39, 0.29) is 47.9 Å². The highest BCUT2D eigenvalue weighted by Crippen LogP contribution is 2.27. The summed E-state index contributed by atoms with van der Waals surface area (Å²) in [5, 5.41) is 9.76. The van der Waals surface area contributed by atoms with Crippen LogP contribution in [0.3, 0.4) is 0 Å². The Labute approximate surface area is 194 Å². The van der Waals surface area contributed by atoms with Crippen LogP contribution in [0, 0.1) is 17.8 Å². The Morgan fingerprint density at radius 1 is 1.36 bits per heavy atom. The lowest BCUT2D eigenvalue weighted by Gasteiger charge is -2.37. The standard InChI is InChI=1S/C25H30N4O4/c1-5-23(31)28(4)15-22-17(2)14-29(18(3)16-30)25(32)21-11-20(13-27-24(21)33-22)9-8-19-7-6-10-26-12-19/h6-7,10-13,17-18,22,30H,5,14-16H2,1-4H3/t17-,18-,22-/m0/s1. The normalized spacial score (nSPS) is 18.7. The van der Waals surface area contributed by atoms with Crippen LogP contribution < -0.4 is 4.74 Å². The number of fused-ring (bicyclic) bond motifs is 1. The summed E-state index contributed by atoms with van der Waals surface area (Å²) in [6, 6.07) is 4.93. The molecule has 2 aromatic rings. The SMILES string of the molecule is CCC(=O)N(C)C[C@@H]1Oc2ncc(C#Cc3cccnc3)cc2C(=O)N([C@@H](C)CO)C[C@@H]1C. The average Bonchev–Trinajstić information content (AvgIpc) is 2.84. The largest absolute Gasteiger partial charge is 0.472 e. The van der Waals surface area contributed by atoms with Gasteiger partial charge in [0.15, 0.2) is 0 Å². The van der Waals surface area contributed by atoms with E-state index in [1.54, 1.807) is 54.5 Å². The highest BCUT2D eigenvalue weighted by molar-refractivity contribution is 5.97. The van der Waals surface area contributed by atoms with Gasteiger partial charge in [-0.05, 0) is 25.1 Å². The maximum Gasteiger partial charge on any atom is 0.259 e. The van der Waals surface area contributed by atoms with Gasteiger partial charge in [-0.3, -0.25) is 14.6 Å². The van der Waals surface area contributed by atoms with E-state index in [2.05, 4.69) is 21.8 Å². The first-order valence-electron chi connectivity index (χ1n) is 11.1. The number of likely N-dealkylation sites (N-methyl/N-ethyl adjacent to an activating group) is 1. The summed E-state index contributed by atoms with van der Waals surface area (Å²) in [7, 11) is 1.74. The van der Waals surface area contributed by atoms with E-state index >= 15 is 0 Å². The summed E-state index contributed by atoms with van der Waals surface area (Å²) in [6.45, 7) is 6.17. The van der Waals surface area contributed by atoms with E-state index in [0.717, 1.165) is 5.56 Å². The van der Waals surface area contributed by atoms with Gasteiger partial charge < -0.3 is 19.6 Å². The van der Waals surface area contributed by atoms with E-state index in [4.69, 9.17) is 4.74 Å². The van der Waals surface area contributed by atoms with Crippen LogP contribution in [0.4, 0.5) is 0 Å². The zero-order valence-corrected chi connectivity index (χ0v) is 19.5. The Morgan fingerprint density at radius 3 is 2.79 bits per heavy atom. The average molecular weight is 451 g/mol. The molecule has 0 fully saturated rings. The van der Waals surface area contributed by atoms with Crippen molar-refractivity contribution in [1.29, 1.82) is 0 Å². The molecule has 0 aliphatic carbocycles. The minimum absolute atomic E-state index is 0.0127. The topological polar surface area (TPSA) is 95.9 Å². The van der Waals surface area contributed by atoms with Gasteiger partial charge in [-0.25, -0.2) is 4.98 Å². The van der Waals surface area contributed by atoms with E-state index < -0.39 is 0 Å². The van der Waals surface area contributed by atoms with Crippen LogP contribution in [0.25, 0.3) is 0 Å².